The molecule has 0 unspecified atom stereocenters. The molecule has 0 aromatic carbocycles. The Morgan fingerprint density at radius 2 is 2.19 bits per heavy atom. The Morgan fingerprint density at radius 3 is 2.81 bits per heavy atom. The summed E-state index contributed by atoms with van der Waals surface area (Å²) in [5, 5.41) is 4.33. The average Bonchev–Trinajstić information content (AvgIpc) is 2.60. The summed E-state index contributed by atoms with van der Waals surface area (Å²) in [6, 6.07) is 0.305. The lowest BCUT2D eigenvalue weighted by Gasteiger charge is -2.16. The van der Waals surface area contributed by atoms with Gasteiger partial charge in [0.1, 0.15) is 0 Å². The van der Waals surface area contributed by atoms with Gasteiger partial charge in [0.15, 0.2) is 5.78 Å². The van der Waals surface area contributed by atoms with Crippen molar-refractivity contribution in [1.82, 2.24) is 9.78 Å². The minimum absolute atomic E-state index is 0.227. The maximum atomic E-state index is 11.4. The third kappa shape index (κ3) is 2.12. The van der Waals surface area contributed by atoms with Crippen LogP contribution in [0.3, 0.4) is 0 Å². The molecule has 4 heteroatoms. The molecule has 1 heterocycles. The fraction of sp³-hybridized carbons (Fsp3) is 0.500. The molecule has 0 atom stereocenters. The quantitative estimate of drug-likeness (QED) is 0.834. The molecule has 0 N–H and O–H groups in total. The van der Waals surface area contributed by atoms with Crippen molar-refractivity contribution in [3.05, 3.63) is 22.4 Å². The van der Waals surface area contributed by atoms with Crippen LogP contribution in [-0.4, -0.2) is 15.6 Å². The van der Waals surface area contributed by atoms with Crippen LogP contribution in [0.15, 0.2) is 16.7 Å². The number of carbonyl (C=O) groups is 1. The Morgan fingerprint density at radius 1 is 1.44 bits per heavy atom. The molecule has 3 nitrogen and oxygen atoms in total. The lowest BCUT2D eigenvalue weighted by atomic mass is 9.96. The van der Waals surface area contributed by atoms with E-state index >= 15 is 0 Å². The van der Waals surface area contributed by atoms with Crippen molar-refractivity contribution in [3.8, 4) is 0 Å². The summed E-state index contributed by atoms with van der Waals surface area (Å²) in [7, 11) is 0. The van der Waals surface area contributed by atoms with Crippen LogP contribution >= 0.6 is 15.9 Å². The monoisotopic (exact) mass is 282 g/mol. The van der Waals surface area contributed by atoms with E-state index in [-0.39, 0.29) is 5.78 Å². The Bertz CT molecular complexity index is 446. The fourth-order valence-corrected chi connectivity index (χ4v) is 2.54. The molecular weight excluding hydrogens is 268 g/mol. The van der Waals surface area contributed by atoms with Crippen LogP contribution in [0.1, 0.15) is 44.8 Å². The van der Waals surface area contributed by atoms with Crippen molar-refractivity contribution in [2.75, 3.05) is 0 Å². The largest absolute Gasteiger partial charge is 0.295 e. The van der Waals surface area contributed by atoms with E-state index in [1.807, 2.05) is 4.68 Å². The highest BCUT2D eigenvalue weighted by Gasteiger charge is 2.19. The molecule has 86 valence electrons. The number of ketones is 1. The number of nitrogens with zero attached hydrogens (tertiary/aromatic N) is 2. The zero-order valence-corrected chi connectivity index (χ0v) is 11.1. The zero-order valence-electron chi connectivity index (χ0n) is 9.53. The predicted octanol–water partition coefficient (Wildman–Crippen LogP) is 3.36. The van der Waals surface area contributed by atoms with Gasteiger partial charge in [-0.25, -0.2) is 0 Å². The van der Waals surface area contributed by atoms with E-state index in [2.05, 4.69) is 34.9 Å². The highest BCUT2D eigenvalue weighted by molar-refractivity contribution is 9.10. The molecule has 1 aromatic rings. The maximum Gasteiger partial charge on any atom is 0.156 e. The van der Waals surface area contributed by atoms with Gasteiger partial charge in [-0.2, -0.15) is 5.10 Å². The van der Waals surface area contributed by atoms with E-state index in [0.717, 1.165) is 28.6 Å². The molecule has 0 aliphatic heterocycles. The summed E-state index contributed by atoms with van der Waals surface area (Å²) < 4.78 is 2.94. The third-order valence-corrected chi connectivity index (χ3v) is 3.33. The maximum absolute atomic E-state index is 11.4. The second kappa shape index (κ2) is 4.53. The van der Waals surface area contributed by atoms with Crippen LogP contribution in [0.25, 0.3) is 5.57 Å². The van der Waals surface area contributed by atoms with Crippen molar-refractivity contribution in [2.45, 2.75) is 39.2 Å². The molecule has 0 radical (unpaired) electrons. The highest BCUT2D eigenvalue weighted by Crippen LogP contribution is 2.32. The Hall–Kier alpha value is -0.900. The lowest BCUT2D eigenvalue weighted by molar-refractivity contribution is -0.114. The molecule has 0 bridgehead atoms. The molecular formula is C12H15BrN2O. The molecule has 1 aliphatic rings. The first-order chi connectivity index (χ1) is 7.59. The van der Waals surface area contributed by atoms with Gasteiger partial charge in [0, 0.05) is 12.5 Å². The first-order valence-electron chi connectivity index (χ1n) is 5.56. The topological polar surface area (TPSA) is 34.9 Å². The van der Waals surface area contributed by atoms with E-state index in [4.69, 9.17) is 0 Å². The van der Waals surface area contributed by atoms with E-state index in [0.29, 0.717) is 12.5 Å². The van der Waals surface area contributed by atoms with Gasteiger partial charge in [-0.15, -0.1) is 0 Å². The Labute approximate surface area is 104 Å². The van der Waals surface area contributed by atoms with Crippen LogP contribution in [-0.2, 0) is 4.79 Å². The number of carbonyl (C=O) groups excluding carboxylic acids is 1. The van der Waals surface area contributed by atoms with Gasteiger partial charge < -0.3 is 0 Å². The molecule has 1 aromatic heterocycles. The summed E-state index contributed by atoms with van der Waals surface area (Å²) in [6.45, 7) is 4.18. The number of hydrogen-bond donors (Lipinski definition) is 0. The summed E-state index contributed by atoms with van der Waals surface area (Å²) >= 11 is 3.51. The van der Waals surface area contributed by atoms with Gasteiger partial charge >= 0.3 is 0 Å². The second-order valence-electron chi connectivity index (χ2n) is 4.37. The van der Waals surface area contributed by atoms with E-state index < -0.39 is 0 Å². The van der Waals surface area contributed by atoms with Crippen molar-refractivity contribution in [3.63, 3.8) is 0 Å². The van der Waals surface area contributed by atoms with Gasteiger partial charge in [-0.3, -0.25) is 9.48 Å². The average molecular weight is 283 g/mol. The van der Waals surface area contributed by atoms with Crippen molar-refractivity contribution >= 4 is 27.3 Å². The number of rotatable bonds is 2. The molecule has 2 rings (SSSR count). The standard InChI is InChI=1S/C12H15BrN2O/c1-8(2)15-12(11(13)7-14-15)9-4-3-5-10(16)6-9/h6-8H,3-5H2,1-2H3. The van der Waals surface area contributed by atoms with Crippen molar-refractivity contribution in [1.29, 1.82) is 0 Å². The highest BCUT2D eigenvalue weighted by atomic mass is 79.9. The Balaban J connectivity index is 2.46. The van der Waals surface area contributed by atoms with Gasteiger partial charge in [0.05, 0.1) is 16.4 Å². The molecule has 1 aliphatic carbocycles. The number of allylic oxidation sites excluding steroid dienone is 2. The van der Waals surface area contributed by atoms with E-state index in [1.54, 1.807) is 12.3 Å². The van der Waals surface area contributed by atoms with Gasteiger partial charge in [-0.05, 0) is 54.3 Å². The fourth-order valence-electron chi connectivity index (χ4n) is 2.01. The predicted molar refractivity (Wildman–Crippen MR) is 67.1 cm³/mol. The molecule has 16 heavy (non-hydrogen) atoms. The minimum atomic E-state index is 0.227. The van der Waals surface area contributed by atoms with Crippen LogP contribution < -0.4 is 0 Å². The molecule has 0 saturated carbocycles. The summed E-state index contributed by atoms with van der Waals surface area (Å²) in [5.41, 5.74) is 2.16. The van der Waals surface area contributed by atoms with E-state index in [1.165, 1.54) is 0 Å². The first kappa shape index (κ1) is 11.6. The van der Waals surface area contributed by atoms with Gasteiger partial charge in [0.25, 0.3) is 0 Å². The molecule has 0 fully saturated rings. The van der Waals surface area contributed by atoms with Crippen LogP contribution in [0.2, 0.25) is 0 Å². The smallest absolute Gasteiger partial charge is 0.156 e. The number of halogens is 1. The van der Waals surface area contributed by atoms with Gasteiger partial charge in [-0.1, -0.05) is 0 Å². The molecule has 0 spiro atoms. The van der Waals surface area contributed by atoms with Crippen LogP contribution in [0, 0.1) is 0 Å². The third-order valence-electron chi connectivity index (χ3n) is 2.75. The normalized spacial score (nSPS) is 16.8. The second-order valence-corrected chi connectivity index (χ2v) is 5.22. The van der Waals surface area contributed by atoms with Crippen molar-refractivity contribution in [2.24, 2.45) is 0 Å². The minimum Gasteiger partial charge on any atom is -0.295 e. The van der Waals surface area contributed by atoms with Crippen LogP contribution in [0.5, 0.6) is 0 Å². The van der Waals surface area contributed by atoms with Gasteiger partial charge in [0.2, 0.25) is 0 Å². The number of aromatic nitrogens is 2. The molecule has 0 amide bonds. The number of hydrogen-bond acceptors (Lipinski definition) is 2. The Kier molecular flexibility index (Phi) is 3.28. The SMILES string of the molecule is CC(C)n1ncc(Br)c1C1=CC(=O)CCC1. The summed E-state index contributed by atoms with van der Waals surface area (Å²) in [6.07, 6.45) is 6.15. The lowest BCUT2D eigenvalue weighted by Crippen LogP contribution is -2.10. The van der Waals surface area contributed by atoms with Crippen molar-refractivity contribution < 1.29 is 4.79 Å². The first-order valence-corrected chi connectivity index (χ1v) is 6.35. The summed E-state index contributed by atoms with van der Waals surface area (Å²) in [5.74, 6) is 0.227. The zero-order chi connectivity index (χ0) is 11.7. The van der Waals surface area contributed by atoms with E-state index in [9.17, 15) is 4.79 Å². The van der Waals surface area contributed by atoms with Crippen LogP contribution in [0.4, 0.5) is 0 Å². The summed E-state index contributed by atoms with van der Waals surface area (Å²) in [4.78, 5) is 11.4. The molecule has 0 saturated heterocycles.